The minimum Gasteiger partial charge on any atom is -0.325 e. The van der Waals surface area contributed by atoms with Gasteiger partial charge in [0.25, 0.3) is 5.69 Å². The molecule has 1 N–H and O–H groups in total. The zero-order valence-corrected chi connectivity index (χ0v) is 16.7. The molecule has 0 aromatic heterocycles. The van der Waals surface area contributed by atoms with Crippen molar-refractivity contribution in [1.82, 2.24) is 0 Å². The molecule has 0 spiro atoms. The molecule has 0 heterocycles. The number of nitro benzene ring substituents is 1. The first-order chi connectivity index (χ1) is 14.4. The van der Waals surface area contributed by atoms with Crippen molar-refractivity contribution in [3.8, 4) is 0 Å². The normalized spacial score (nSPS) is 28.9. The Morgan fingerprint density at radius 3 is 2.10 bits per heavy atom. The van der Waals surface area contributed by atoms with Gasteiger partial charge in [-0.05, 0) is 62.3 Å². The molecule has 0 aliphatic heterocycles. The molecule has 0 unspecified atom stereocenters. The smallest absolute Gasteiger partial charge is 0.270 e. The number of anilines is 1. The zero-order valence-electron chi connectivity index (χ0n) is 16.7. The average Bonchev–Trinajstić information content (AvgIpc) is 2.73. The van der Waals surface area contributed by atoms with E-state index in [9.17, 15) is 19.7 Å². The maximum absolute atomic E-state index is 13.4. The second-order valence-electron chi connectivity index (χ2n) is 9.33. The summed E-state index contributed by atoms with van der Waals surface area (Å²) in [5, 5.41) is 14.3. The third kappa shape index (κ3) is 3.20. The Morgan fingerprint density at radius 1 is 0.933 bits per heavy atom. The Labute approximate surface area is 174 Å². The van der Waals surface area contributed by atoms with Crippen molar-refractivity contribution in [2.24, 2.45) is 23.2 Å². The number of carbonyl (C=O) groups is 2. The van der Waals surface area contributed by atoms with Crippen LogP contribution < -0.4 is 5.32 Å². The van der Waals surface area contributed by atoms with Crippen LogP contribution in [-0.2, 0) is 4.79 Å². The molecule has 30 heavy (non-hydrogen) atoms. The van der Waals surface area contributed by atoms with Crippen LogP contribution in [0.5, 0.6) is 0 Å². The molecule has 6 rings (SSSR count). The lowest BCUT2D eigenvalue weighted by Crippen LogP contribution is -2.51. The Hall–Kier alpha value is -3.02. The van der Waals surface area contributed by atoms with E-state index in [0.717, 1.165) is 19.3 Å². The number of nitro groups is 1. The predicted octanol–water partition coefficient (Wildman–Crippen LogP) is 4.98. The van der Waals surface area contributed by atoms with E-state index >= 15 is 0 Å². The van der Waals surface area contributed by atoms with Crippen LogP contribution in [0.25, 0.3) is 0 Å². The summed E-state index contributed by atoms with van der Waals surface area (Å²) in [6.07, 6.45) is 6.46. The van der Waals surface area contributed by atoms with Crippen molar-refractivity contribution in [3.05, 3.63) is 69.8 Å². The maximum atomic E-state index is 13.4. The highest BCUT2D eigenvalue weighted by Gasteiger charge is 2.54. The molecular formula is C24H24N2O4. The Kier molecular flexibility index (Phi) is 4.45. The molecule has 154 valence electrons. The van der Waals surface area contributed by atoms with Crippen LogP contribution in [0.3, 0.4) is 0 Å². The van der Waals surface area contributed by atoms with E-state index in [0.29, 0.717) is 29.0 Å². The van der Waals surface area contributed by atoms with Gasteiger partial charge in [-0.1, -0.05) is 30.3 Å². The van der Waals surface area contributed by atoms with Crippen LogP contribution in [0, 0.1) is 33.3 Å². The molecule has 0 atom stereocenters. The van der Waals surface area contributed by atoms with Gasteiger partial charge in [0.15, 0.2) is 5.78 Å². The van der Waals surface area contributed by atoms with Gasteiger partial charge < -0.3 is 5.32 Å². The Bertz CT molecular complexity index is 995. The monoisotopic (exact) mass is 404 g/mol. The molecule has 4 fully saturated rings. The molecule has 1 amide bonds. The van der Waals surface area contributed by atoms with E-state index in [1.54, 1.807) is 30.3 Å². The summed E-state index contributed by atoms with van der Waals surface area (Å²) in [4.78, 5) is 37.3. The largest absolute Gasteiger partial charge is 0.325 e. The van der Waals surface area contributed by atoms with Gasteiger partial charge in [-0.25, -0.2) is 0 Å². The summed E-state index contributed by atoms with van der Waals surface area (Å²) < 4.78 is 0. The van der Waals surface area contributed by atoms with Crippen LogP contribution in [0.2, 0.25) is 0 Å². The minimum absolute atomic E-state index is 0.0300. The zero-order chi connectivity index (χ0) is 20.9. The van der Waals surface area contributed by atoms with Crippen molar-refractivity contribution in [2.45, 2.75) is 38.5 Å². The molecule has 2 aromatic rings. The van der Waals surface area contributed by atoms with Crippen molar-refractivity contribution in [1.29, 1.82) is 0 Å². The highest BCUT2D eigenvalue weighted by atomic mass is 16.6. The quantitative estimate of drug-likeness (QED) is 0.432. The number of hydrogen-bond acceptors (Lipinski definition) is 4. The summed E-state index contributed by atoms with van der Waals surface area (Å²) in [6, 6.07) is 12.8. The summed E-state index contributed by atoms with van der Waals surface area (Å²) in [5.41, 5.74) is 0.429. The number of carbonyl (C=O) groups excluding carboxylic acids is 2. The molecule has 2 aromatic carbocycles. The van der Waals surface area contributed by atoms with E-state index < -0.39 is 4.92 Å². The summed E-state index contributed by atoms with van der Waals surface area (Å²) in [5.74, 6) is 1.52. The molecule has 0 radical (unpaired) electrons. The second-order valence-corrected chi connectivity index (χ2v) is 9.33. The van der Waals surface area contributed by atoms with E-state index in [4.69, 9.17) is 0 Å². The Morgan fingerprint density at radius 2 is 1.53 bits per heavy atom. The van der Waals surface area contributed by atoms with Crippen LogP contribution in [0.15, 0.2) is 48.5 Å². The molecule has 0 saturated heterocycles. The average molecular weight is 404 g/mol. The van der Waals surface area contributed by atoms with Gasteiger partial charge in [0.1, 0.15) is 0 Å². The van der Waals surface area contributed by atoms with Gasteiger partial charge >= 0.3 is 0 Å². The minimum atomic E-state index is -0.521. The van der Waals surface area contributed by atoms with Crippen molar-refractivity contribution in [3.63, 3.8) is 0 Å². The SMILES string of the molecule is O=C(c1ccccc1)c1cc([N+](=O)[O-])ccc1NC(=O)C12CC3CC(CC(C3)C1)C2. The number of hydrogen-bond donors (Lipinski definition) is 1. The van der Waals surface area contributed by atoms with Gasteiger partial charge in [-0.15, -0.1) is 0 Å². The van der Waals surface area contributed by atoms with Gasteiger partial charge in [0, 0.05) is 17.7 Å². The van der Waals surface area contributed by atoms with Crippen molar-refractivity contribution >= 4 is 23.1 Å². The van der Waals surface area contributed by atoms with E-state index in [1.165, 1.54) is 37.5 Å². The molecule has 4 aliphatic rings. The highest BCUT2D eigenvalue weighted by molar-refractivity contribution is 6.14. The van der Waals surface area contributed by atoms with Gasteiger partial charge in [0.2, 0.25) is 5.91 Å². The van der Waals surface area contributed by atoms with Crippen molar-refractivity contribution in [2.75, 3.05) is 5.32 Å². The third-order valence-corrected chi connectivity index (χ3v) is 7.26. The first-order valence-corrected chi connectivity index (χ1v) is 10.6. The molecule has 6 nitrogen and oxygen atoms in total. The lowest BCUT2D eigenvalue weighted by molar-refractivity contribution is -0.384. The standard InChI is InChI=1S/C24H24N2O4/c27-22(18-4-2-1-3-5-18)20-11-19(26(29)30)6-7-21(20)25-23(28)24-12-15-8-16(13-24)10-17(9-15)14-24/h1-7,11,15-17H,8-10,12-14H2,(H,25,28). The van der Waals surface area contributed by atoms with Gasteiger partial charge in [-0.2, -0.15) is 0 Å². The molecule has 4 saturated carbocycles. The van der Waals surface area contributed by atoms with Crippen molar-refractivity contribution < 1.29 is 14.5 Å². The first kappa shape index (κ1) is 19.0. The summed E-state index contributed by atoms with van der Waals surface area (Å²) >= 11 is 0. The number of ketones is 1. The first-order valence-electron chi connectivity index (χ1n) is 10.6. The molecule has 4 aliphatic carbocycles. The van der Waals surface area contributed by atoms with Crippen LogP contribution >= 0.6 is 0 Å². The summed E-state index contributed by atoms with van der Waals surface area (Å²) in [7, 11) is 0. The number of benzene rings is 2. The molecular weight excluding hydrogens is 380 g/mol. The number of rotatable bonds is 5. The number of nitrogens with zero attached hydrogens (tertiary/aromatic N) is 1. The van der Waals surface area contributed by atoms with E-state index in [1.807, 2.05) is 0 Å². The predicted molar refractivity (Wildman–Crippen MR) is 112 cm³/mol. The Balaban J connectivity index is 1.47. The number of nitrogens with one attached hydrogen (secondary N) is 1. The molecule has 4 bridgehead atoms. The highest BCUT2D eigenvalue weighted by Crippen LogP contribution is 2.60. The van der Waals surface area contributed by atoms with Gasteiger partial charge in [0.05, 0.1) is 21.6 Å². The number of non-ortho nitro benzene ring substituents is 1. The van der Waals surface area contributed by atoms with E-state index in [-0.39, 0.29) is 28.4 Å². The fourth-order valence-electron chi connectivity index (χ4n) is 6.33. The van der Waals surface area contributed by atoms with Crippen LogP contribution in [0.1, 0.15) is 54.4 Å². The fraction of sp³-hybridized carbons (Fsp3) is 0.417. The van der Waals surface area contributed by atoms with E-state index in [2.05, 4.69) is 5.32 Å². The summed E-state index contributed by atoms with van der Waals surface area (Å²) in [6.45, 7) is 0. The molecule has 6 heteroatoms. The van der Waals surface area contributed by atoms with Gasteiger partial charge in [-0.3, -0.25) is 19.7 Å². The maximum Gasteiger partial charge on any atom is 0.270 e. The number of amides is 1. The lowest BCUT2D eigenvalue weighted by Gasteiger charge is -2.55. The fourth-order valence-corrected chi connectivity index (χ4v) is 6.33. The van der Waals surface area contributed by atoms with Crippen LogP contribution in [0.4, 0.5) is 11.4 Å². The van der Waals surface area contributed by atoms with Crippen LogP contribution in [-0.4, -0.2) is 16.6 Å². The third-order valence-electron chi connectivity index (χ3n) is 7.26. The second kappa shape index (κ2) is 7.04. The lowest BCUT2D eigenvalue weighted by atomic mass is 9.49. The topological polar surface area (TPSA) is 89.3 Å².